The molecule has 6 heteroatoms. The fraction of sp³-hybridized carbons (Fsp3) is 0.278. The second-order valence-corrected chi connectivity index (χ2v) is 7.05. The van der Waals surface area contributed by atoms with Crippen LogP contribution in [0.1, 0.15) is 11.1 Å². The van der Waals surface area contributed by atoms with Gasteiger partial charge < -0.3 is 10.1 Å². The van der Waals surface area contributed by atoms with Gasteiger partial charge in [-0.25, -0.2) is 0 Å². The molecule has 0 spiro atoms. The fourth-order valence-corrected chi connectivity index (χ4v) is 3.06. The van der Waals surface area contributed by atoms with Crippen LogP contribution < -0.4 is 10.1 Å². The maximum atomic E-state index is 11.8. The van der Waals surface area contributed by atoms with E-state index in [1.807, 2.05) is 43.3 Å². The highest BCUT2D eigenvalue weighted by atomic mass is 35.5. The third kappa shape index (κ3) is 6.63. The number of halogens is 2. The minimum atomic E-state index is -0.00688. The lowest BCUT2D eigenvalue weighted by atomic mass is 10.2. The number of nitrogens with one attached hydrogen (secondary N) is 1. The Hall–Kier alpha value is -1.36. The van der Waals surface area contributed by atoms with Crippen molar-refractivity contribution < 1.29 is 9.53 Å². The van der Waals surface area contributed by atoms with Crippen molar-refractivity contribution in [2.24, 2.45) is 0 Å². The first-order chi connectivity index (χ1) is 11.5. The molecule has 0 unspecified atom stereocenters. The Bertz CT molecular complexity index is 677. The van der Waals surface area contributed by atoms with Crippen LogP contribution in [0, 0.1) is 6.92 Å². The molecule has 0 aromatic heterocycles. The molecule has 2 aromatic carbocycles. The molecule has 0 aliphatic rings. The van der Waals surface area contributed by atoms with Crippen LogP contribution in [0.2, 0.25) is 10.0 Å². The molecule has 1 N–H and O–H groups in total. The zero-order valence-electron chi connectivity index (χ0n) is 13.4. The summed E-state index contributed by atoms with van der Waals surface area (Å²) < 4.78 is 5.56. The lowest BCUT2D eigenvalue weighted by molar-refractivity contribution is -0.118. The van der Waals surface area contributed by atoms with E-state index >= 15 is 0 Å². The van der Waals surface area contributed by atoms with Crippen LogP contribution in [0.3, 0.4) is 0 Å². The second-order valence-electron chi connectivity index (χ2n) is 5.25. The molecule has 0 bridgehead atoms. The SMILES string of the molecule is Cc1ccc(OCCNC(=O)CSCc2ccc(Cl)c(Cl)c2)cc1. The normalized spacial score (nSPS) is 10.5. The summed E-state index contributed by atoms with van der Waals surface area (Å²) >= 11 is 13.4. The Balaban J connectivity index is 1.59. The van der Waals surface area contributed by atoms with Crippen molar-refractivity contribution in [2.75, 3.05) is 18.9 Å². The predicted molar refractivity (Wildman–Crippen MR) is 102 cm³/mol. The Morgan fingerprint density at radius 1 is 1.12 bits per heavy atom. The van der Waals surface area contributed by atoms with Gasteiger partial charge in [0.25, 0.3) is 0 Å². The lowest BCUT2D eigenvalue weighted by Crippen LogP contribution is -2.29. The molecule has 1 amide bonds. The van der Waals surface area contributed by atoms with Gasteiger partial charge >= 0.3 is 0 Å². The summed E-state index contributed by atoms with van der Waals surface area (Å²) in [5.74, 6) is 1.91. The van der Waals surface area contributed by atoms with Gasteiger partial charge in [0.05, 0.1) is 22.3 Å². The average Bonchev–Trinajstić information content (AvgIpc) is 2.56. The van der Waals surface area contributed by atoms with Crippen molar-refractivity contribution in [3.63, 3.8) is 0 Å². The second kappa shape index (κ2) is 9.82. The van der Waals surface area contributed by atoms with Gasteiger partial charge in [-0.15, -0.1) is 11.8 Å². The van der Waals surface area contributed by atoms with Gasteiger partial charge in [0.1, 0.15) is 12.4 Å². The number of benzene rings is 2. The first-order valence-electron chi connectivity index (χ1n) is 7.52. The van der Waals surface area contributed by atoms with E-state index in [9.17, 15) is 4.79 Å². The third-order valence-electron chi connectivity index (χ3n) is 3.20. The molecular formula is C18H19Cl2NO2S. The topological polar surface area (TPSA) is 38.3 Å². The molecule has 2 aromatic rings. The van der Waals surface area contributed by atoms with E-state index in [0.29, 0.717) is 34.7 Å². The number of hydrogen-bond donors (Lipinski definition) is 1. The van der Waals surface area contributed by atoms with E-state index in [1.165, 1.54) is 17.3 Å². The van der Waals surface area contributed by atoms with Crippen molar-refractivity contribution in [3.8, 4) is 5.75 Å². The van der Waals surface area contributed by atoms with E-state index in [4.69, 9.17) is 27.9 Å². The van der Waals surface area contributed by atoms with Crippen LogP contribution in [0.25, 0.3) is 0 Å². The van der Waals surface area contributed by atoms with E-state index in [-0.39, 0.29) is 5.91 Å². The smallest absolute Gasteiger partial charge is 0.230 e. The van der Waals surface area contributed by atoms with E-state index in [0.717, 1.165) is 11.3 Å². The summed E-state index contributed by atoms with van der Waals surface area (Å²) in [5, 5.41) is 3.91. The van der Waals surface area contributed by atoms with Crippen LogP contribution in [0.15, 0.2) is 42.5 Å². The summed E-state index contributed by atoms with van der Waals surface area (Å²) in [4.78, 5) is 11.8. The molecule has 0 saturated heterocycles. The standard InChI is InChI=1S/C18H19Cl2NO2S/c1-13-2-5-15(6-3-13)23-9-8-21-18(22)12-24-11-14-4-7-16(19)17(20)10-14/h2-7,10H,8-9,11-12H2,1H3,(H,21,22). The molecule has 0 aliphatic carbocycles. The monoisotopic (exact) mass is 383 g/mol. The Labute approximate surface area is 156 Å². The maximum absolute atomic E-state index is 11.8. The van der Waals surface area contributed by atoms with Gasteiger partial charge in [0, 0.05) is 5.75 Å². The van der Waals surface area contributed by atoms with E-state index in [1.54, 1.807) is 6.07 Å². The minimum Gasteiger partial charge on any atom is -0.492 e. The van der Waals surface area contributed by atoms with Gasteiger partial charge in [-0.05, 0) is 36.8 Å². The van der Waals surface area contributed by atoms with E-state index in [2.05, 4.69) is 5.32 Å². The predicted octanol–water partition coefficient (Wildman–Crippen LogP) is 4.73. The van der Waals surface area contributed by atoms with Crippen LogP contribution in [0.4, 0.5) is 0 Å². The largest absolute Gasteiger partial charge is 0.492 e. The molecule has 0 aliphatic heterocycles. The maximum Gasteiger partial charge on any atom is 0.230 e. The van der Waals surface area contributed by atoms with Crippen molar-refractivity contribution in [3.05, 3.63) is 63.6 Å². The Morgan fingerprint density at radius 3 is 2.58 bits per heavy atom. The first-order valence-corrected chi connectivity index (χ1v) is 9.43. The summed E-state index contributed by atoms with van der Waals surface area (Å²) in [6, 6.07) is 13.3. The van der Waals surface area contributed by atoms with Gasteiger partial charge in [0.15, 0.2) is 0 Å². The number of aryl methyl sites for hydroxylation is 1. The van der Waals surface area contributed by atoms with Crippen LogP contribution >= 0.6 is 35.0 Å². The zero-order chi connectivity index (χ0) is 17.4. The highest BCUT2D eigenvalue weighted by Crippen LogP contribution is 2.24. The van der Waals surface area contributed by atoms with Crippen molar-refractivity contribution >= 4 is 40.9 Å². The van der Waals surface area contributed by atoms with Gasteiger partial charge in [-0.3, -0.25) is 4.79 Å². The van der Waals surface area contributed by atoms with Crippen LogP contribution in [-0.2, 0) is 10.5 Å². The van der Waals surface area contributed by atoms with Crippen molar-refractivity contribution in [1.29, 1.82) is 0 Å². The average molecular weight is 384 g/mol. The summed E-state index contributed by atoms with van der Waals surface area (Å²) in [6.07, 6.45) is 0. The summed E-state index contributed by atoms with van der Waals surface area (Å²) in [6.45, 7) is 2.96. The number of thioether (sulfide) groups is 1. The molecular weight excluding hydrogens is 365 g/mol. The minimum absolute atomic E-state index is 0.00688. The van der Waals surface area contributed by atoms with Crippen molar-refractivity contribution in [1.82, 2.24) is 5.32 Å². The number of amides is 1. The van der Waals surface area contributed by atoms with Crippen LogP contribution in [0.5, 0.6) is 5.75 Å². The van der Waals surface area contributed by atoms with E-state index < -0.39 is 0 Å². The molecule has 2 rings (SSSR count). The van der Waals surface area contributed by atoms with Gasteiger partial charge in [-0.1, -0.05) is 47.0 Å². The molecule has 0 radical (unpaired) electrons. The molecule has 0 heterocycles. The Morgan fingerprint density at radius 2 is 1.88 bits per heavy atom. The number of rotatable bonds is 8. The highest BCUT2D eigenvalue weighted by molar-refractivity contribution is 7.99. The number of hydrogen-bond acceptors (Lipinski definition) is 3. The lowest BCUT2D eigenvalue weighted by Gasteiger charge is -2.08. The van der Waals surface area contributed by atoms with Crippen molar-refractivity contribution in [2.45, 2.75) is 12.7 Å². The molecule has 3 nitrogen and oxygen atoms in total. The van der Waals surface area contributed by atoms with Gasteiger partial charge in [0.2, 0.25) is 5.91 Å². The third-order valence-corrected chi connectivity index (χ3v) is 4.94. The quantitative estimate of drug-likeness (QED) is 0.669. The molecule has 24 heavy (non-hydrogen) atoms. The Kier molecular flexibility index (Phi) is 7.76. The number of ether oxygens (including phenoxy) is 1. The summed E-state index contributed by atoms with van der Waals surface area (Å²) in [5.41, 5.74) is 2.24. The zero-order valence-corrected chi connectivity index (χ0v) is 15.7. The number of carbonyl (C=O) groups is 1. The molecule has 0 saturated carbocycles. The van der Waals surface area contributed by atoms with Gasteiger partial charge in [-0.2, -0.15) is 0 Å². The van der Waals surface area contributed by atoms with Crippen LogP contribution in [-0.4, -0.2) is 24.8 Å². The summed E-state index contributed by atoms with van der Waals surface area (Å²) in [7, 11) is 0. The highest BCUT2D eigenvalue weighted by Gasteiger charge is 2.04. The molecule has 128 valence electrons. The number of carbonyl (C=O) groups excluding carboxylic acids is 1. The first kappa shape index (κ1) is 19.0. The fourth-order valence-electron chi connectivity index (χ4n) is 1.94. The molecule has 0 atom stereocenters. The molecule has 0 fully saturated rings.